The van der Waals surface area contributed by atoms with Gasteiger partial charge in [0.05, 0.1) is 23.8 Å². The van der Waals surface area contributed by atoms with E-state index in [1.165, 1.54) is 0 Å². The molecule has 8 nitrogen and oxygen atoms in total. The predicted molar refractivity (Wildman–Crippen MR) is 103 cm³/mol. The van der Waals surface area contributed by atoms with Crippen LogP contribution in [0.1, 0.15) is 34.7 Å². The molecule has 8 heteroatoms. The number of furan rings is 1. The van der Waals surface area contributed by atoms with E-state index in [2.05, 4.69) is 20.2 Å². The Morgan fingerprint density at radius 3 is 3.07 bits per heavy atom. The van der Waals surface area contributed by atoms with Crippen LogP contribution in [0.5, 0.6) is 0 Å². The molecule has 0 radical (unpaired) electrons. The largest absolute Gasteiger partial charge is 0.466 e. The highest BCUT2D eigenvalue weighted by Gasteiger charge is 2.63. The van der Waals surface area contributed by atoms with Gasteiger partial charge in [-0.3, -0.25) is 4.79 Å². The van der Waals surface area contributed by atoms with Crippen molar-refractivity contribution >= 4 is 17.7 Å². The summed E-state index contributed by atoms with van der Waals surface area (Å²) in [5.74, 6) is 3.09. The third-order valence-electron chi connectivity index (χ3n) is 6.51. The Labute approximate surface area is 163 Å². The molecule has 2 aromatic heterocycles. The summed E-state index contributed by atoms with van der Waals surface area (Å²) in [6.45, 7) is 5.87. The highest BCUT2D eigenvalue weighted by Crippen LogP contribution is 2.55. The fourth-order valence-corrected chi connectivity index (χ4v) is 5.29. The van der Waals surface area contributed by atoms with Gasteiger partial charge in [-0.1, -0.05) is 0 Å². The van der Waals surface area contributed by atoms with Gasteiger partial charge in [0.1, 0.15) is 17.3 Å². The smallest absolute Gasteiger partial charge is 0.254 e. The Bertz CT molecular complexity index is 928. The quantitative estimate of drug-likeness (QED) is 0.827. The van der Waals surface area contributed by atoms with Gasteiger partial charge in [-0.05, 0) is 38.8 Å². The van der Waals surface area contributed by atoms with Crippen molar-refractivity contribution in [1.29, 1.82) is 0 Å². The molecule has 5 rings (SSSR count). The number of nitrogens with one attached hydrogen (secondary N) is 1. The average Bonchev–Trinajstić information content (AvgIpc) is 3.39. The molecule has 3 aliphatic heterocycles. The summed E-state index contributed by atoms with van der Waals surface area (Å²) in [7, 11) is 0. The zero-order chi connectivity index (χ0) is 19.5. The number of hydrogen-bond donors (Lipinski definition) is 2. The van der Waals surface area contributed by atoms with Crippen molar-refractivity contribution in [2.24, 2.45) is 11.8 Å². The summed E-state index contributed by atoms with van der Waals surface area (Å²) in [5.41, 5.74) is 6.28. The van der Waals surface area contributed by atoms with Gasteiger partial charge in [0, 0.05) is 31.1 Å². The molecule has 28 heavy (non-hydrogen) atoms. The number of fused-ring (bicyclic) bond motifs is 1. The van der Waals surface area contributed by atoms with Crippen molar-refractivity contribution in [3.63, 3.8) is 0 Å². The minimum atomic E-state index is -0.157. The molecule has 4 atom stereocenters. The van der Waals surface area contributed by atoms with E-state index in [9.17, 15) is 4.79 Å². The number of carbonyl (C=O) groups excluding carboxylic acids is 1. The van der Waals surface area contributed by atoms with Crippen molar-refractivity contribution < 1.29 is 13.9 Å². The van der Waals surface area contributed by atoms with E-state index in [-0.39, 0.29) is 23.5 Å². The maximum Gasteiger partial charge on any atom is 0.254 e. The third-order valence-corrected chi connectivity index (χ3v) is 6.51. The van der Waals surface area contributed by atoms with Crippen molar-refractivity contribution in [2.75, 3.05) is 30.3 Å². The molecular weight excluding hydrogens is 358 g/mol. The number of anilines is 2. The number of carbonyl (C=O) groups is 1. The molecule has 148 valence electrons. The van der Waals surface area contributed by atoms with Gasteiger partial charge in [0.2, 0.25) is 5.95 Å². The number of aryl methyl sites for hydroxylation is 2. The standard InChI is InChI=1S/C20H25N5O3/c1-11-7-13(12(2)27-11)18(26)23-8-14-15-9-25(19-22-6-4-17(21)24-19)10-20(15)5-3-16(14)28-20/h4,6-7,14-16H,3,5,8-10H2,1-2H3,(H,23,26)(H2,21,22,24)/t14-,15+,16+,20+/m0/s1. The van der Waals surface area contributed by atoms with Crippen molar-refractivity contribution in [2.45, 2.75) is 38.4 Å². The van der Waals surface area contributed by atoms with Gasteiger partial charge in [-0.25, -0.2) is 4.98 Å². The number of aromatic nitrogens is 2. The molecule has 0 unspecified atom stereocenters. The van der Waals surface area contributed by atoms with E-state index in [0.717, 1.165) is 31.7 Å². The zero-order valence-electron chi connectivity index (χ0n) is 16.1. The molecular formula is C20H25N5O3. The zero-order valence-corrected chi connectivity index (χ0v) is 16.1. The molecule has 5 heterocycles. The van der Waals surface area contributed by atoms with Gasteiger partial charge in [-0.15, -0.1) is 0 Å². The first kappa shape index (κ1) is 17.5. The Morgan fingerprint density at radius 2 is 2.32 bits per heavy atom. The Hall–Kier alpha value is -2.61. The van der Waals surface area contributed by atoms with Crippen LogP contribution in [-0.2, 0) is 4.74 Å². The maximum absolute atomic E-state index is 12.6. The maximum atomic E-state index is 12.6. The fourth-order valence-electron chi connectivity index (χ4n) is 5.29. The fraction of sp³-hybridized carbons (Fsp3) is 0.550. The van der Waals surface area contributed by atoms with Crippen LogP contribution in [0.2, 0.25) is 0 Å². The van der Waals surface area contributed by atoms with Crippen LogP contribution in [0, 0.1) is 25.7 Å². The molecule has 0 saturated carbocycles. The summed E-state index contributed by atoms with van der Waals surface area (Å²) in [5, 5.41) is 3.10. The number of nitrogens with zero attached hydrogens (tertiary/aromatic N) is 3. The highest BCUT2D eigenvalue weighted by molar-refractivity contribution is 5.95. The van der Waals surface area contributed by atoms with E-state index >= 15 is 0 Å². The van der Waals surface area contributed by atoms with Crippen LogP contribution < -0.4 is 16.0 Å². The highest BCUT2D eigenvalue weighted by atomic mass is 16.5. The Morgan fingerprint density at radius 1 is 1.46 bits per heavy atom. The second kappa shape index (κ2) is 6.20. The first-order valence-corrected chi connectivity index (χ1v) is 9.82. The van der Waals surface area contributed by atoms with Crippen LogP contribution in [0.15, 0.2) is 22.7 Å². The second-order valence-corrected chi connectivity index (χ2v) is 8.23. The van der Waals surface area contributed by atoms with E-state index in [4.69, 9.17) is 14.9 Å². The SMILES string of the molecule is Cc1cc(C(=O)NC[C@H]2[C@H]3CN(c4nccc(N)n4)C[C@]34CC[C@H]2O4)c(C)o1. The second-order valence-electron chi connectivity index (χ2n) is 8.23. The van der Waals surface area contributed by atoms with E-state index in [1.807, 2.05) is 13.8 Å². The summed E-state index contributed by atoms with van der Waals surface area (Å²) in [6, 6.07) is 3.48. The topological polar surface area (TPSA) is 107 Å². The molecule has 3 N–H and O–H groups in total. The molecule has 3 fully saturated rings. The van der Waals surface area contributed by atoms with Crippen molar-refractivity contribution in [1.82, 2.24) is 15.3 Å². The van der Waals surface area contributed by atoms with Crippen LogP contribution in [-0.4, -0.2) is 47.2 Å². The molecule has 2 aromatic rings. The molecule has 2 bridgehead atoms. The van der Waals surface area contributed by atoms with Gasteiger partial charge in [-0.2, -0.15) is 4.98 Å². The molecule has 3 saturated heterocycles. The summed E-state index contributed by atoms with van der Waals surface area (Å²) in [4.78, 5) is 23.5. The van der Waals surface area contributed by atoms with Crippen LogP contribution >= 0.6 is 0 Å². The van der Waals surface area contributed by atoms with Crippen molar-refractivity contribution in [3.05, 3.63) is 35.4 Å². The molecule has 1 amide bonds. The van der Waals surface area contributed by atoms with Crippen LogP contribution in [0.4, 0.5) is 11.8 Å². The van der Waals surface area contributed by atoms with E-state index < -0.39 is 0 Å². The number of ether oxygens (including phenoxy) is 1. The minimum Gasteiger partial charge on any atom is -0.466 e. The van der Waals surface area contributed by atoms with Gasteiger partial charge >= 0.3 is 0 Å². The summed E-state index contributed by atoms with van der Waals surface area (Å²) >= 11 is 0. The summed E-state index contributed by atoms with van der Waals surface area (Å²) < 4.78 is 11.9. The van der Waals surface area contributed by atoms with Gasteiger partial charge < -0.3 is 25.1 Å². The van der Waals surface area contributed by atoms with Gasteiger partial charge in [0.25, 0.3) is 5.91 Å². The first-order valence-electron chi connectivity index (χ1n) is 9.82. The Balaban J connectivity index is 1.30. The lowest BCUT2D eigenvalue weighted by Gasteiger charge is -2.29. The number of nitrogen functional groups attached to an aromatic ring is 1. The van der Waals surface area contributed by atoms with Crippen LogP contribution in [0.3, 0.4) is 0 Å². The monoisotopic (exact) mass is 383 g/mol. The Kier molecular flexibility index (Phi) is 3.87. The van der Waals surface area contributed by atoms with E-state index in [1.54, 1.807) is 18.3 Å². The number of amides is 1. The lowest BCUT2D eigenvalue weighted by Crippen LogP contribution is -2.41. The van der Waals surface area contributed by atoms with Gasteiger partial charge in [0.15, 0.2) is 0 Å². The van der Waals surface area contributed by atoms with Crippen LogP contribution in [0.25, 0.3) is 0 Å². The normalized spacial score (nSPS) is 30.6. The molecule has 0 aliphatic carbocycles. The van der Waals surface area contributed by atoms with Crippen molar-refractivity contribution in [3.8, 4) is 0 Å². The molecule has 3 aliphatic rings. The number of rotatable bonds is 4. The summed E-state index contributed by atoms with van der Waals surface area (Å²) in [6.07, 6.45) is 3.98. The average molecular weight is 383 g/mol. The minimum absolute atomic E-state index is 0.0832. The lowest BCUT2D eigenvalue weighted by molar-refractivity contribution is 0.0141. The molecule has 1 spiro atoms. The number of hydrogen-bond acceptors (Lipinski definition) is 7. The first-order chi connectivity index (χ1) is 13.4. The molecule has 0 aromatic carbocycles. The predicted octanol–water partition coefficient (Wildman–Crippen LogP) is 1.68. The number of nitrogens with two attached hydrogens (primary N) is 1. The lowest BCUT2D eigenvalue weighted by atomic mass is 9.73. The third kappa shape index (κ3) is 2.66. The van der Waals surface area contributed by atoms with E-state index in [0.29, 0.717) is 35.6 Å².